The van der Waals surface area contributed by atoms with Gasteiger partial charge in [-0.2, -0.15) is 0 Å². The number of carbonyl (C=O) groups excluding carboxylic acids is 1. The summed E-state index contributed by atoms with van der Waals surface area (Å²) >= 11 is 0. The highest BCUT2D eigenvalue weighted by atomic mass is 32.2. The zero-order valence-corrected chi connectivity index (χ0v) is 11.7. The topological polar surface area (TPSA) is 84.0 Å². The second-order valence-corrected chi connectivity index (χ2v) is 6.11. The fraction of sp³-hybridized carbons (Fsp3) is 0.583. The Labute approximate surface area is 114 Å². The van der Waals surface area contributed by atoms with Gasteiger partial charge >= 0.3 is 0 Å². The maximum absolute atomic E-state index is 12.0. The van der Waals surface area contributed by atoms with Crippen LogP contribution in [0, 0.1) is 0 Å². The van der Waals surface area contributed by atoms with Gasteiger partial charge in [0.25, 0.3) is 5.91 Å². The highest BCUT2D eigenvalue weighted by molar-refractivity contribution is 7.85. The maximum atomic E-state index is 12.0. The van der Waals surface area contributed by atoms with Gasteiger partial charge in [-0.3, -0.25) is 9.00 Å². The van der Waals surface area contributed by atoms with Gasteiger partial charge in [-0.25, -0.2) is 9.97 Å². The average molecular weight is 282 g/mol. The molecule has 0 atom stereocenters. The van der Waals surface area contributed by atoms with E-state index in [1.807, 2.05) is 6.92 Å². The van der Waals surface area contributed by atoms with Crippen LogP contribution in [0.15, 0.2) is 12.4 Å². The normalized spacial score (nSPS) is 22.8. The van der Waals surface area contributed by atoms with Crippen molar-refractivity contribution in [2.24, 2.45) is 0 Å². The van der Waals surface area contributed by atoms with Crippen LogP contribution in [0.2, 0.25) is 0 Å². The quantitative estimate of drug-likeness (QED) is 0.842. The summed E-state index contributed by atoms with van der Waals surface area (Å²) in [5.74, 6) is 1.77. The molecule has 19 heavy (non-hydrogen) atoms. The number of hydrogen-bond donors (Lipinski definition) is 2. The molecule has 1 aliphatic rings. The third kappa shape index (κ3) is 3.99. The second kappa shape index (κ2) is 6.60. The Hall–Kier alpha value is -1.50. The number of rotatable bonds is 4. The number of nitrogens with zero attached hydrogens (tertiary/aromatic N) is 2. The minimum atomic E-state index is -0.713. The van der Waals surface area contributed by atoms with Crippen molar-refractivity contribution in [3.63, 3.8) is 0 Å². The summed E-state index contributed by atoms with van der Waals surface area (Å²) < 4.78 is 11.2. The first kappa shape index (κ1) is 13.9. The van der Waals surface area contributed by atoms with E-state index in [1.165, 1.54) is 6.20 Å². The van der Waals surface area contributed by atoms with Crippen molar-refractivity contribution in [1.29, 1.82) is 0 Å². The summed E-state index contributed by atoms with van der Waals surface area (Å²) in [5.41, 5.74) is 0.313. The van der Waals surface area contributed by atoms with Crippen molar-refractivity contribution in [2.75, 3.05) is 23.4 Å². The van der Waals surface area contributed by atoms with Gasteiger partial charge in [-0.15, -0.1) is 0 Å². The van der Waals surface area contributed by atoms with Crippen LogP contribution < -0.4 is 10.6 Å². The number of anilines is 1. The molecule has 2 N–H and O–H groups in total. The highest BCUT2D eigenvalue weighted by Crippen LogP contribution is 2.10. The van der Waals surface area contributed by atoms with Gasteiger partial charge in [0.1, 0.15) is 11.5 Å². The molecule has 1 saturated heterocycles. The van der Waals surface area contributed by atoms with Crippen molar-refractivity contribution < 1.29 is 9.00 Å². The Morgan fingerprint density at radius 1 is 1.37 bits per heavy atom. The van der Waals surface area contributed by atoms with Crippen LogP contribution in [-0.2, 0) is 10.8 Å². The summed E-state index contributed by atoms with van der Waals surface area (Å²) in [4.78, 5) is 20.1. The molecule has 104 valence electrons. The third-order valence-corrected chi connectivity index (χ3v) is 4.35. The number of amides is 1. The number of hydrogen-bond acceptors (Lipinski definition) is 5. The van der Waals surface area contributed by atoms with Gasteiger partial charge in [-0.1, -0.05) is 0 Å². The molecule has 1 aromatic rings. The molecule has 6 nitrogen and oxygen atoms in total. The van der Waals surface area contributed by atoms with Crippen molar-refractivity contribution in [3.05, 3.63) is 18.1 Å². The van der Waals surface area contributed by atoms with Crippen molar-refractivity contribution in [3.8, 4) is 0 Å². The third-order valence-electron chi connectivity index (χ3n) is 2.97. The number of nitrogens with one attached hydrogen (secondary N) is 2. The second-order valence-electron chi connectivity index (χ2n) is 4.41. The molecule has 0 spiro atoms. The van der Waals surface area contributed by atoms with Gasteiger partial charge in [0.2, 0.25) is 0 Å². The number of carbonyl (C=O) groups is 1. The minimum Gasteiger partial charge on any atom is -0.369 e. The van der Waals surface area contributed by atoms with Crippen LogP contribution in [0.1, 0.15) is 30.3 Å². The van der Waals surface area contributed by atoms with Gasteiger partial charge in [0.15, 0.2) is 0 Å². The summed E-state index contributed by atoms with van der Waals surface area (Å²) in [6, 6.07) is 0.0976. The first-order valence-corrected chi connectivity index (χ1v) is 7.89. The lowest BCUT2D eigenvalue weighted by Crippen LogP contribution is -2.39. The van der Waals surface area contributed by atoms with Gasteiger partial charge in [-0.05, 0) is 19.8 Å². The molecule has 2 heterocycles. The van der Waals surface area contributed by atoms with E-state index in [4.69, 9.17) is 0 Å². The SMILES string of the molecule is CCNc1cnc(C(=O)NC2CCS(=O)CC2)cn1. The van der Waals surface area contributed by atoms with Gasteiger partial charge < -0.3 is 10.6 Å². The minimum absolute atomic E-state index is 0.0976. The lowest BCUT2D eigenvalue weighted by molar-refractivity contribution is 0.0929. The van der Waals surface area contributed by atoms with Crippen LogP contribution in [-0.4, -0.2) is 44.2 Å². The van der Waals surface area contributed by atoms with E-state index in [2.05, 4.69) is 20.6 Å². The molecule has 1 amide bonds. The van der Waals surface area contributed by atoms with E-state index in [0.717, 1.165) is 19.4 Å². The van der Waals surface area contributed by atoms with Gasteiger partial charge in [0.05, 0.1) is 12.4 Å². The van der Waals surface area contributed by atoms with Crippen LogP contribution in [0.3, 0.4) is 0 Å². The van der Waals surface area contributed by atoms with Crippen LogP contribution in [0.4, 0.5) is 5.82 Å². The molecule has 0 aliphatic carbocycles. The lowest BCUT2D eigenvalue weighted by atomic mass is 10.1. The molecule has 0 radical (unpaired) electrons. The van der Waals surface area contributed by atoms with Crippen molar-refractivity contribution >= 4 is 22.5 Å². The molecule has 0 bridgehead atoms. The van der Waals surface area contributed by atoms with E-state index < -0.39 is 10.8 Å². The zero-order chi connectivity index (χ0) is 13.7. The first-order chi connectivity index (χ1) is 9.19. The molecule has 0 saturated carbocycles. The van der Waals surface area contributed by atoms with E-state index in [1.54, 1.807) is 6.20 Å². The Kier molecular flexibility index (Phi) is 4.84. The molecule has 1 aliphatic heterocycles. The van der Waals surface area contributed by atoms with E-state index >= 15 is 0 Å². The summed E-state index contributed by atoms with van der Waals surface area (Å²) in [5, 5.41) is 5.93. The average Bonchev–Trinajstić information content (AvgIpc) is 2.42. The van der Waals surface area contributed by atoms with E-state index in [9.17, 15) is 9.00 Å². The van der Waals surface area contributed by atoms with E-state index in [-0.39, 0.29) is 11.9 Å². The fourth-order valence-electron chi connectivity index (χ4n) is 1.92. The molecule has 2 rings (SSSR count). The smallest absolute Gasteiger partial charge is 0.271 e. The predicted octanol–water partition coefficient (Wildman–Crippen LogP) is 0.549. The fourth-order valence-corrected chi connectivity index (χ4v) is 3.21. The molecular weight excluding hydrogens is 264 g/mol. The zero-order valence-electron chi connectivity index (χ0n) is 10.9. The number of aromatic nitrogens is 2. The van der Waals surface area contributed by atoms with Crippen molar-refractivity contribution in [2.45, 2.75) is 25.8 Å². The molecule has 7 heteroatoms. The molecular formula is C12H18N4O2S. The largest absolute Gasteiger partial charge is 0.369 e. The Balaban J connectivity index is 1.90. The maximum Gasteiger partial charge on any atom is 0.271 e. The molecule has 0 aromatic carbocycles. The molecule has 1 fully saturated rings. The first-order valence-electron chi connectivity index (χ1n) is 6.40. The summed E-state index contributed by atoms with van der Waals surface area (Å²) in [6.45, 7) is 2.73. The standard InChI is InChI=1S/C12H18N4O2S/c1-2-13-11-8-14-10(7-15-11)12(17)16-9-3-5-19(18)6-4-9/h7-9H,2-6H2,1H3,(H,13,15)(H,16,17). The monoisotopic (exact) mass is 282 g/mol. The predicted molar refractivity (Wildman–Crippen MR) is 74.6 cm³/mol. The summed E-state index contributed by atoms with van der Waals surface area (Å²) in [6.07, 6.45) is 4.55. The lowest BCUT2D eigenvalue weighted by Gasteiger charge is -2.22. The van der Waals surface area contributed by atoms with Crippen molar-refractivity contribution in [1.82, 2.24) is 15.3 Å². The Morgan fingerprint density at radius 2 is 2.11 bits per heavy atom. The highest BCUT2D eigenvalue weighted by Gasteiger charge is 2.20. The summed E-state index contributed by atoms with van der Waals surface area (Å²) in [7, 11) is -0.713. The molecule has 1 aromatic heterocycles. The Morgan fingerprint density at radius 3 is 2.68 bits per heavy atom. The van der Waals surface area contributed by atoms with Crippen LogP contribution >= 0.6 is 0 Å². The Bertz CT molecular complexity index is 453. The van der Waals surface area contributed by atoms with E-state index in [0.29, 0.717) is 23.0 Å². The van der Waals surface area contributed by atoms with Crippen LogP contribution in [0.25, 0.3) is 0 Å². The molecule has 0 unspecified atom stereocenters. The van der Waals surface area contributed by atoms with Crippen LogP contribution in [0.5, 0.6) is 0 Å². The van der Waals surface area contributed by atoms with Gasteiger partial charge in [0, 0.05) is 34.9 Å².